The van der Waals surface area contributed by atoms with Gasteiger partial charge < -0.3 is 19.5 Å². The molecule has 0 saturated carbocycles. The first-order chi connectivity index (χ1) is 17.6. The summed E-state index contributed by atoms with van der Waals surface area (Å²) in [7, 11) is 0. The number of aliphatic imine (C=N–C) groups is 1. The minimum absolute atomic E-state index is 0.00601. The SMILES string of the molecule is CCOC(=O)CCNC(=O)C1CCN(CCOc2ccc(OC(=Nc3ccccc3)SC)cc2)CC1. The molecule has 9 heteroatoms. The molecular weight excluding hydrogens is 478 g/mol. The van der Waals surface area contributed by atoms with Gasteiger partial charge in [-0.25, -0.2) is 4.99 Å². The van der Waals surface area contributed by atoms with E-state index in [-0.39, 0.29) is 24.2 Å². The maximum Gasteiger partial charge on any atom is 0.307 e. The molecule has 1 fully saturated rings. The van der Waals surface area contributed by atoms with Crippen molar-refractivity contribution in [3.8, 4) is 11.5 Å². The van der Waals surface area contributed by atoms with E-state index in [1.54, 1.807) is 6.92 Å². The number of rotatable bonds is 11. The monoisotopic (exact) mass is 513 g/mol. The van der Waals surface area contributed by atoms with Crippen LogP contribution in [0.15, 0.2) is 59.6 Å². The van der Waals surface area contributed by atoms with Gasteiger partial charge in [0.2, 0.25) is 5.91 Å². The Morgan fingerprint density at radius 2 is 1.75 bits per heavy atom. The lowest BCUT2D eigenvalue weighted by Crippen LogP contribution is -2.42. The Bertz CT molecular complexity index is 977. The van der Waals surface area contributed by atoms with Crippen molar-refractivity contribution >= 4 is 34.6 Å². The predicted octanol–water partition coefficient (Wildman–Crippen LogP) is 4.28. The van der Waals surface area contributed by atoms with Gasteiger partial charge in [-0.2, -0.15) is 0 Å². The van der Waals surface area contributed by atoms with Gasteiger partial charge in [-0.1, -0.05) is 30.0 Å². The number of ether oxygens (including phenoxy) is 3. The predicted molar refractivity (Wildman–Crippen MR) is 143 cm³/mol. The van der Waals surface area contributed by atoms with Gasteiger partial charge in [0.1, 0.15) is 18.1 Å². The van der Waals surface area contributed by atoms with E-state index in [9.17, 15) is 9.59 Å². The minimum atomic E-state index is -0.281. The number of nitrogens with zero attached hydrogens (tertiary/aromatic N) is 2. The maximum atomic E-state index is 12.3. The standard InChI is InChI=1S/C27H35N3O5S/c1-3-33-25(31)13-16-28-26(32)21-14-17-30(18-15-21)19-20-34-23-9-11-24(12-10-23)35-27(36-2)29-22-7-5-4-6-8-22/h4-12,21H,3,13-20H2,1-2H3,(H,28,32). The molecule has 1 N–H and O–H groups in total. The van der Waals surface area contributed by atoms with Gasteiger partial charge in [0.25, 0.3) is 5.23 Å². The van der Waals surface area contributed by atoms with Gasteiger partial charge in [0.05, 0.1) is 18.7 Å². The second-order valence-corrected chi connectivity index (χ2v) is 9.06. The zero-order chi connectivity index (χ0) is 25.6. The van der Waals surface area contributed by atoms with Crippen molar-refractivity contribution in [3.05, 3.63) is 54.6 Å². The van der Waals surface area contributed by atoms with E-state index < -0.39 is 0 Å². The molecule has 0 aliphatic carbocycles. The van der Waals surface area contributed by atoms with Crippen LogP contribution in [0.3, 0.4) is 0 Å². The van der Waals surface area contributed by atoms with Crippen molar-refractivity contribution in [1.29, 1.82) is 0 Å². The molecule has 3 rings (SSSR count). The van der Waals surface area contributed by atoms with Crippen LogP contribution in [-0.4, -0.2) is 67.7 Å². The number of para-hydroxylation sites is 1. The number of esters is 1. The van der Waals surface area contributed by atoms with Gasteiger partial charge in [-0.05, 0) is 75.5 Å². The molecule has 2 aromatic rings. The summed E-state index contributed by atoms with van der Waals surface area (Å²) in [6.45, 7) is 5.53. The summed E-state index contributed by atoms with van der Waals surface area (Å²) in [5.41, 5.74) is 0.848. The Labute approximate surface area is 217 Å². The quantitative estimate of drug-likeness (QED) is 0.273. The first-order valence-corrected chi connectivity index (χ1v) is 13.5. The number of hydrogen-bond donors (Lipinski definition) is 1. The fraction of sp³-hybridized carbons (Fsp3) is 0.444. The number of piperidine rings is 1. The average molecular weight is 514 g/mol. The molecule has 8 nitrogen and oxygen atoms in total. The van der Waals surface area contributed by atoms with E-state index in [0.29, 0.717) is 30.7 Å². The highest BCUT2D eigenvalue weighted by atomic mass is 32.2. The second kappa shape index (κ2) is 15.2. The van der Waals surface area contributed by atoms with Crippen LogP contribution in [0.1, 0.15) is 26.2 Å². The second-order valence-electron chi connectivity index (χ2n) is 8.30. The summed E-state index contributed by atoms with van der Waals surface area (Å²) in [6, 6.07) is 17.2. The lowest BCUT2D eigenvalue weighted by Gasteiger charge is -2.31. The van der Waals surface area contributed by atoms with E-state index >= 15 is 0 Å². The van der Waals surface area contributed by atoms with Crippen molar-refractivity contribution in [3.63, 3.8) is 0 Å². The van der Waals surface area contributed by atoms with Crippen molar-refractivity contribution < 1.29 is 23.8 Å². The number of likely N-dealkylation sites (tertiary alicyclic amines) is 1. The third-order valence-electron chi connectivity index (χ3n) is 5.75. The molecular formula is C27H35N3O5S. The molecule has 1 aliphatic heterocycles. The lowest BCUT2D eigenvalue weighted by molar-refractivity contribution is -0.143. The van der Waals surface area contributed by atoms with Gasteiger partial charge >= 0.3 is 5.97 Å². The molecule has 2 aromatic carbocycles. The van der Waals surface area contributed by atoms with Crippen molar-refractivity contribution in [1.82, 2.24) is 10.2 Å². The molecule has 36 heavy (non-hydrogen) atoms. The van der Waals surface area contributed by atoms with Gasteiger partial charge in [0.15, 0.2) is 0 Å². The molecule has 0 aromatic heterocycles. The van der Waals surface area contributed by atoms with Crippen LogP contribution in [0.5, 0.6) is 11.5 Å². The molecule has 0 atom stereocenters. The third-order valence-corrected chi connectivity index (χ3v) is 6.27. The van der Waals surface area contributed by atoms with Crippen molar-refractivity contribution in [2.24, 2.45) is 10.9 Å². The molecule has 0 unspecified atom stereocenters. The number of carbonyl (C=O) groups excluding carboxylic acids is 2. The van der Waals surface area contributed by atoms with Crippen LogP contribution < -0.4 is 14.8 Å². The number of nitrogens with one attached hydrogen (secondary N) is 1. The van der Waals surface area contributed by atoms with Crippen molar-refractivity contribution in [2.45, 2.75) is 26.2 Å². The highest BCUT2D eigenvalue weighted by Crippen LogP contribution is 2.22. The zero-order valence-electron chi connectivity index (χ0n) is 21.0. The molecule has 1 heterocycles. The molecule has 1 amide bonds. The van der Waals surface area contributed by atoms with E-state index in [1.165, 1.54) is 11.8 Å². The fourth-order valence-electron chi connectivity index (χ4n) is 3.80. The van der Waals surface area contributed by atoms with Crippen LogP contribution >= 0.6 is 11.8 Å². The zero-order valence-corrected chi connectivity index (χ0v) is 21.8. The summed E-state index contributed by atoms with van der Waals surface area (Å²) in [4.78, 5) is 30.5. The minimum Gasteiger partial charge on any atom is -0.492 e. The lowest BCUT2D eigenvalue weighted by atomic mass is 9.96. The largest absolute Gasteiger partial charge is 0.492 e. The van der Waals surface area contributed by atoms with E-state index in [0.717, 1.165) is 43.9 Å². The van der Waals surface area contributed by atoms with Crippen LogP contribution in [0, 0.1) is 5.92 Å². The van der Waals surface area contributed by atoms with Crippen LogP contribution in [0.2, 0.25) is 0 Å². The third kappa shape index (κ3) is 9.54. The topological polar surface area (TPSA) is 89.5 Å². The normalized spacial score (nSPS) is 14.8. The summed E-state index contributed by atoms with van der Waals surface area (Å²) in [6.07, 6.45) is 3.75. The number of carbonyl (C=O) groups is 2. The van der Waals surface area contributed by atoms with Gasteiger partial charge in [-0.3, -0.25) is 14.5 Å². The highest BCUT2D eigenvalue weighted by Gasteiger charge is 2.24. The van der Waals surface area contributed by atoms with E-state index in [4.69, 9.17) is 14.2 Å². The summed E-state index contributed by atoms with van der Waals surface area (Å²) in [5.74, 6) is 1.22. The number of hydrogen-bond acceptors (Lipinski definition) is 8. The summed E-state index contributed by atoms with van der Waals surface area (Å²) < 4.78 is 16.7. The van der Waals surface area contributed by atoms with Crippen LogP contribution in [0.25, 0.3) is 0 Å². The number of amides is 1. The van der Waals surface area contributed by atoms with E-state index in [2.05, 4.69) is 15.2 Å². The van der Waals surface area contributed by atoms with Crippen LogP contribution in [-0.2, 0) is 14.3 Å². The average Bonchev–Trinajstić information content (AvgIpc) is 2.90. The van der Waals surface area contributed by atoms with Crippen LogP contribution in [0.4, 0.5) is 5.69 Å². The Balaban J connectivity index is 1.33. The molecule has 1 saturated heterocycles. The van der Waals surface area contributed by atoms with Gasteiger partial charge in [0, 0.05) is 19.0 Å². The smallest absolute Gasteiger partial charge is 0.307 e. The maximum absolute atomic E-state index is 12.3. The molecule has 0 spiro atoms. The molecule has 0 radical (unpaired) electrons. The Hall–Kier alpha value is -3.04. The number of benzene rings is 2. The number of thioether (sulfide) groups is 1. The Morgan fingerprint density at radius 1 is 1.06 bits per heavy atom. The molecule has 194 valence electrons. The Morgan fingerprint density at radius 3 is 2.42 bits per heavy atom. The first kappa shape index (κ1) is 27.5. The molecule has 1 aliphatic rings. The Kier molecular flexibility index (Phi) is 11.6. The first-order valence-electron chi connectivity index (χ1n) is 12.3. The fourth-order valence-corrected chi connectivity index (χ4v) is 4.18. The summed E-state index contributed by atoms with van der Waals surface area (Å²) in [5, 5.41) is 3.43. The van der Waals surface area contributed by atoms with Crippen molar-refractivity contribution in [2.75, 3.05) is 45.6 Å². The highest BCUT2D eigenvalue weighted by molar-refractivity contribution is 8.13. The van der Waals surface area contributed by atoms with Gasteiger partial charge in [-0.15, -0.1) is 0 Å². The molecule has 0 bridgehead atoms. The summed E-state index contributed by atoms with van der Waals surface area (Å²) >= 11 is 1.45. The van der Waals surface area contributed by atoms with E-state index in [1.807, 2.05) is 60.9 Å².